The first kappa shape index (κ1) is 20.1. The zero-order valence-electron chi connectivity index (χ0n) is 7.22. The number of aromatic nitrogens is 3. The number of hydrogen-bond acceptors (Lipinski definition) is 3. The molecular formula is C3H3N3Na3S3. The second-order valence-corrected chi connectivity index (χ2v) is 2.59. The number of H-pyrrole nitrogens is 3. The second-order valence-electron chi connectivity index (χ2n) is 1.36. The van der Waals surface area contributed by atoms with Gasteiger partial charge in [0.15, 0.2) is 14.3 Å². The summed E-state index contributed by atoms with van der Waals surface area (Å²) < 4.78 is 1.34. The van der Waals surface area contributed by atoms with Crippen LogP contribution in [-0.4, -0.2) is 104 Å². The molecule has 0 unspecified atom stereocenters. The van der Waals surface area contributed by atoms with Crippen molar-refractivity contribution in [3.63, 3.8) is 0 Å². The molecule has 0 aromatic carbocycles. The molecule has 0 fully saturated rings. The third-order valence-electron chi connectivity index (χ3n) is 0.681. The molecule has 3 radical (unpaired) electrons. The first-order chi connectivity index (χ1) is 4.18. The molecule has 12 heavy (non-hydrogen) atoms. The van der Waals surface area contributed by atoms with Gasteiger partial charge in [0.25, 0.3) is 0 Å². The van der Waals surface area contributed by atoms with Crippen LogP contribution in [0, 0.1) is 14.3 Å². The van der Waals surface area contributed by atoms with Crippen LogP contribution in [0.1, 0.15) is 0 Å². The molecule has 0 atom stereocenters. The van der Waals surface area contributed by atoms with Crippen LogP contribution < -0.4 is 0 Å². The molecule has 0 bridgehead atoms. The predicted molar refractivity (Wildman–Crippen MR) is 59.3 cm³/mol. The Labute approximate surface area is 151 Å². The molecule has 1 heterocycles. The van der Waals surface area contributed by atoms with Gasteiger partial charge < -0.3 is 15.0 Å². The van der Waals surface area contributed by atoms with Crippen molar-refractivity contribution in [2.75, 3.05) is 0 Å². The summed E-state index contributed by atoms with van der Waals surface area (Å²) in [5.41, 5.74) is 0. The normalized spacial score (nSPS) is 7.00. The van der Waals surface area contributed by atoms with Crippen molar-refractivity contribution >= 4 is 125 Å². The van der Waals surface area contributed by atoms with Crippen LogP contribution >= 0.6 is 36.7 Å². The first-order valence-corrected chi connectivity index (χ1v) is 3.34. The third-order valence-corrected chi connectivity index (χ3v) is 1.29. The minimum atomic E-state index is 0. The molecule has 0 spiro atoms. The summed E-state index contributed by atoms with van der Waals surface area (Å²) in [6.45, 7) is 0. The van der Waals surface area contributed by atoms with Gasteiger partial charge in [-0.15, -0.1) is 0 Å². The topological polar surface area (TPSA) is 47.4 Å². The second kappa shape index (κ2) is 10.2. The zero-order chi connectivity index (χ0) is 6.85. The molecule has 3 N–H and O–H groups in total. The van der Waals surface area contributed by atoms with E-state index < -0.39 is 0 Å². The fourth-order valence-electron chi connectivity index (χ4n) is 0.403. The van der Waals surface area contributed by atoms with Gasteiger partial charge in [0.2, 0.25) is 0 Å². The summed E-state index contributed by atoms with van der Waals surface area (Å²) >= 11 is 14.2. The van der Waals surface area contributed by atoms with Crippen LogP contribution in [-0.2, 0) is 0 Å². The van der Waals surface area contributed by atoms with Gasteiger partial charge >= 0.3 is 0 Å². The maximum atomic E-state index is 4.72. The quantitative estimate of drug-likeness (QED) is 0.467. The Balaban J connectivity index is -0.000000270. The van der Waals surface area contributed by atoms with Gasteiger partial charge in [-0.3, -0.25) is 0 Å². The first-order valence-electron chi connectivity index (χ1n) is 2.11. The van der Waals surface area contributed by atoms with Gasteiger partial charge in [-0.1, -0.05) is 0 Å². The molecule has 0 aliphatic carbocycles. The van der Waals surface area contributed by atoms with E-state index in [9.17, 15) is 0 Å². The maximum absolute atomic E-state index is 4.72. The van der Waals surface area contributed by atoms with E-state index in [4.69, 9.17) is 36.7 Å². The molecule has 0 aliphatic heterocycles. The molecule has 0 saturated carbocycles. The van der Waals surface area contributed by atoms with Crippen LogP contribution in [0.4, 0.5) is 0 Å². The maximum Gasteiger partial charge on any atom is 0.178 e. The van der Waals surface area contributed by atoms with Crippen molar-refractivity contribution < 1.29 is 0 Å². The van der Waals surface area contributed by atoms with E-state index in [0.29, 0.717) is 14.3 Å². The summed E-state index contributed by atoms with van der Waals surface area (Å²) in [5.74, 6) is 0. The number of nitrogens with one attached hydrogen (secondary N) is 3. The summed E-state index contributed by atoms with van der Waals surface area (Å²) in [5, 5.41) is 0. The monoisotopic (exact) mass is 246 g/mol. The van der Waals surface area contributed by atoms with Crippen molar-refractivity contribution in [1.82, 2.24) is 15.0 Å². The van der Waals surface area contributed by atoms with Crippen LogP contribution in [0.25, 0.3) is 0 Å². The Morgan fingerprint density at radius 1 is 0.583 bits per heavy atom. The van der Waals surface area contributed by atoms with Crippen molar-refractivity contribution in [3.8, 4) is 0 Å². The summed E-state index contributed by atoms with van der Waals surface area (Å²) in [6.07, 6.45) is 0. The molecule has 1 aromatic heterocycles. The average molecular weight is 246 g/mol. The van der Waals surface area contributed by atoms with Crippen LogP contribution in [0.3, 0.4) is 0 Å². The minimum Gasteiger partial charge on any atom is -0.309 e. The average Bonchev–Trinajstić information content (AvgIpc) is 1.59. The molecule has 1 rings (SSSR count). The van der Waals surface area contributed by atoms with E-state index in [-0.39, 0.29) is 88.7 Å². The Morgan fingerprint density at radius 3 is 0.917 bits per heavy atom. The van der Waals surface area contributed by atoms with Gasteiger partial charge in [-0.2, -0.15) is 0 Å². The van der Waals surface area contributed by atoms with Gasteiger partial charge in [0, 0.05) is 88.7 Å². The molecule has 9 heteroatoms. The van der Waals surface area contributed by atoms with Gasteiger partial charge in [0.05, 0.1) is 0 Å². The van der Waals surface area contributed by atoms with E-state index in [1.54, 1.807) is 0 Å². The Kier molecular flexibility index (Phi) is 17.1. The van der Waals surface area contributed by atoms with Crippen molar-refractivity contribution in [1.29, 1.82) is 0 Å². The molecule has 0 saturated heterocycles. The van der Waals surface area contributed by atoms with Crippen LogP contribution in [0.5, 0.6) is 0 Å². The Morgan fingerprint density at radius 2 is 0.750 bits per heavy atom. The van der Waals surface area contributed by atoms with E-state index in [1.807, 2.05) is 0 Å². The summed E-state index contributed by atoms with van der Waals surface area (Å²) in [6, 6.07) is 0. The standard InChI is InChI=1S/C3H3N3S3.3Na/c7-1-4-2(8)6-3(9)5-1;;;/h(H3,4,5,6,7,8,9);;;. The van der Waals surface area contributed by atoms with Crippen molar-refractivity contribution in [2.24, 2.45) is 0 Å². The van der Waals surface area contributed by atoms with E-state index in [1.165, 1.54) is 0 Å². The zero-order valence-corrected chi connectivity index (χ0v) is 15.7. The summed E-state index contributed by atoms with van der Waals surface area (Å²) in [7, 11) is 0. The largest absolute Gasteiger partial charge is 0.309 e. The molecule has 3 nitrogen and oxygen atoms in total. The van der Waals surface area contributed by atoms with Gasteiger partial charge in [-0.05, 0) is 36.7 Å². The van der Waals surface area contributed by atoms with Gasteiger partial charge in [-0.25, -0.2) is 0 Å². The minimum absolute atomic E-state index is 0. The molecule has 0 amide bonds. The smallest absolute Gasteiger partial charge is 0.178 e. The third kappa shape index (κ3) is 8.02. The predicted octanol–water partition coefficient (Wildman–Crippen LogP) is 0.717. The van der Waals surface area contributed by atoms with Crippen molar-refractivity contribution in [2.45, 2.75) is 0 Å². The molecule has 51 valence electrons. The summed E-state index contributed by atoms with van der Waals surface area (Å²) in [4.78, 5) is 7.99. The SMILES string of the molecule is S=c1[nH]c(=S)[nH]c(=S)[nH]1.[Na].[Na].[Na]. The van der Waals surface area contributed by atoms with E-state index in [2.05, 4.69) is 15.0 Å². The number of rotatable bonds is 0. The number of aromatic amines is 3. The Hall–Kier alpha value is 2.67. The van der Waals surface area contributed by atoms with Crippen LogP contribution in [0.15, 0.2) is 0 Å². The van der Waals surface area contributed by atoms with Gasteiger partial charge in [0.1, 0.15) is 0 Å². The Bertz CT molecular complexity index is 287. The molecule has 0 aliphatic rings. The fraction of sp³-hybridized carbons (Fsp3) is 0. The van der Waals surface area contributed by atoms with E-state index in [0.717, 1.165) is 0 Å². The van der Waals surface area contributed by atoms with Crippen LogP contribution in [0.2, 0.25) is 0 Å². The number of hydrogen-bond donors (Lipinski definition) is 3. The molecular weight excluding hydrogens is 243 g/mol. The van der Waals surface area contributed by atoms with Crippen molar-refractivity contribution in [3.05, 3.63) is 14.3 Å². The molecule has 1 aromatic rings. The fourth-order valence-corrected chi connectivity index (χ4v) is 1.21. The van der Waals surface area contributed by atoms with E-state index >= 15 is 0 Å².